The third-order valence-electron chi connectivity index (χ3n) is 2.76. The van der Waals surface area contributed by atoms with E-state index in [1.165, 1.54) is 0 Å². The van der Waals surface area contributed by atoms with Gasteiger partial charge in [0, 0.05) is 12.6 Å². The number of carbonyl (C=O) groups excluding carboxylic acids is 1. The molecule has 0 fully saturated rings. The van der Waals surface area contributed by atoms with Crippen molar-refractivity contribution in [2.45, 2.75) is 19.4 Å². The first-order valence-electron chi connectivity index (χ1n) is 6.36. The Balaban J connectivity index is 2.20. The van der Waals surface area contributed by atoms with Crippen LogP contribution in [0.2, 0.25) is 0 Å². The highest BCUT2D eigenvalue weighted by atomic mass is 16.5. The van der Waals surface area contributed by atoms with Crippen LogP contribution in [0.25, 0.3) is 0 Å². The van der Waals surface area contributed by atoms with Gasteiger partial charge in [0.1, 0.15) is 11.5 Å². The largest absolute Gasteiger partial charge is 0.497 e. The average molecular weight is 266 g/mol. The second-order valence-corrected chi connectivity index (χ2v) is 4.27. The highest BCUT2D eigenvalue weighted by Crippen LogP contribution is 2.16. The van der Waals surface area contributed by atoms with Gasteiger partial charge in [0.15, 0.2) is 0 Å². The first-order valence-corrected chi connectivity index (χ1v) is 6.36. The normalized spacial score (nSPS) is 11.7. The van der Waals surface area contributed by atoms with Crippen molar-refractivity contribution in [2.75, 3.05) is 27.3 Å². The summed E-state index contributed by atoms with van der Waals surface area (Å²) in [7, 11) is 3.48. The lowest BCUT2D eigenvalue weighted by atomic mass is 10.3. The highest BCUT2D eigenvalue weighted by molar-refractivity contribution is 5.76. The maximum atomic E-state index is 11.5. The molecule has 0 radical (unpaired) electrons. The number of hydrogen-bond donors (Lipinski definition) is 2. The fourth-order valence-electron chi connectivity index (χ4n) is 1.39. The second kappa shape index (κ2) is 8.37. The zero-order valence-corrected chi connectivity index (χ0v) is 11.7. The lowest BCUT2D eigenvalue weighted by Gasteiger charge is -2.11. The van der Waals surface area contributed by atoms with Crippen LogP contribution in [0.4, 0.5) is 0 Å². The van der Waals surface area contributed by atoms with Crippen LogP contribution in [-0.4, -0.2) is 39.3 Å². The van der Waals surface area contributed by atoms with Crippen molar-refractivity contribution in [1.82, 2.24) is 10.6 Å². The van der Waals surface area contributed by atoms with Gasteiger partial charge >= 0.3 is 0 Å². The lowest BCUT2D eigenvalue weighted by molar-refractivity contribution is -0.121. The predicted molar refractivity (Wildman–Crippen MR) is 74.6 cm³/mol. The van der Waals surface area contributed by atoms with Gasteiger partial charge in [-0.2, -0.15) is 0 Å². The Bertz CT molecular complexity index is 379. The summed E-state index contributed by atoms with van der Waals surface area (Å²) in [5.74, 6) is 1.51. The number of likely N-dealkylation sites (N-methyl/N-ethyl adjacent to an activating group) is 1. The molecule has 1 aromatic carbocycles. The van der Waals surface area contributed by atoms with Gasteiger partial charge in [0.25, 0.3) is 0 Å². The molecule has 106 valence electrons. The van der Waals surface area contributed by atoms with Crippen LogP contribution in [0.15, 0.2) is 24.3 Å². The summed E-state index contributed by atoms with van der Waals surface area (Å²) in [5.41, 5.74) is 0. The molecule has 1 unspecified atom stereocenters. The Hall–Kier alpha value is -1.75. The van der Waals surface area contributed by atoms with Crippen molar-refractivity contribution >= 4 is 5.91 Å². The Morgan fingerprint density at radius 3 is 2.47 bits per heavy atom. The van der Waals surface area contributed by atoms with Crippen molar-refractivity contribution in [1.29, 1.82) is 0 Å². The van der Waals surface area contributed by atoms with E-state index in [9.17, 15) is 4.79 Å². The minimum Gasteiger partial charge on any atom is -0.497 e. The van der Waals surface area contributed by atoms with Crippen molar-refractivity contribution in [3.63, 3.8) is 0 Å². The molecular weight excluding hydrogens is 244 g/mol. The summed E-state index contributed by atoms with van der Waals surface area (Å²) in [6, 6.07) is 7.56. The number of amides is 1. The molecule has 0 aliphatic rings. The number of rotatable bonds is 8. The van der Waals surface area contributed by atoms with E-state index in [1.54, 1.807) is 7.11 Å². The fourth-order valence-corrected chi connectivity index (χ4v) is 1.39. The average Bonchev–Trinajstić information content (AvgIpc) is 2.45. The third kappa shape index (κ3) is 6.10. The van der Waals surface area contributed by atoms with Crippen LogP contribution in [0.3, 0.4) is 0 Å². The number of carbonyl (C=O) groups is 1. The third-order valence-corrected chi connectivity index (χ3v) is 2.76. The molecule has 0 bridgehead atoms. The molecule has 0 saturated carbocycles. The van der Waals surface area contributed by atoms with E-state index in [-0.39, 0.29) is 11.9 Å². The van der Waals surface area contributed by atoms with E-state index >= 15 is 0 Å². The van der Waals surface area contributed by atoms with E-state index in [4.69, 9.17) is 9.47 Å². The number of hydrogen-bond acceptors (Lipinski definition) is 4. The quantitative estimate of drug-likeness (QED) is 0.742. The van der Waals surface area contributed by atoms with Crippen LogP contribution >= 0.6 is 0 Å². The van der Waals surface area contributed by atoms with E-state index in [0.717, 1.165) is 11.5 Å². The van der Waals surface area contributed by atoms with Crippen LogP contribution in [-0.2, 0) is 4.79 Å². The molecule has 1 amide bonds. The number of ether oxygens (including phenoxy) is 2. The Morgan fingerprint density at radius 1 is 1.26 bits per heavy atom. The molecule has 0 spiro atoms. The van der Waals surface area contributed by atoms with Crippen LogP contribution in [0, 0.1) is 0 Å². The van der Waals surface area contributed by atoms with E-state index in [0.29, 0.717) is 19.6 Å². The molecule has 1 aromatic rings. The van der Waals surface area contributed by atoms with Crippen molar-refractivity contribution in [3.05, 3.63) is 24.3 Å². The molecule has 5 nitrogen and oxygen atoms in total. The SMILES string of the molecule is CNC(C)CNC(=O)CCOc1ccc(OC)cc1. The van der Waals surface area contributed by atoms with Gasteiger partial charge in [-0.05, 0) is 38.2 Å². The smallest absolute Gasteiger partial charge is 0.223 e. The molecule has 0 aromatic heterocycles. The lowest BCUT2D eigenvalue weighted by Crippen LogP contribution is -2.37. The van der Waals surface area contributed by atoms with Gasteiger partial charge in [0.2, 0.25) is 5.91 Å². The molecule has 0 aliphatic carbocycles. The minimum atomic E-state index is -0.00406. The molecule has 0 heterocycles. The Morgan fingerprint density at radius 2 is 1.89 bits per heavy atom. The molecule has 2 N–H and O–H groups in total. The zero-order valence-electron chi connectivity index (χ0n) is 11.7. The van der Waals surface area contributed by atoms with Gasteiger partial charge in [-0.15, -0.1) is 0 Å². The maximum absolute atomic E-state index is 11.5. The summed E-state index contributed by atoms with van der Waals surface area (Å²) < 4.78 is 10.5. The van der Waals surface area contributed by atoms with E-state index < -0.39 is 0 Å². The summed E-state index contributed by atoms with van der Waals surface area (Å²) in [6.45, 7) is 3.00. The fraction of sp³-hybridized carbons (Fsp3) is 0.500. The second-order valence-electron chi connectivity index (χ2n) is 4.27. The predicted octanol–water partition coefficient (Wildman–Crippen LogP) is 1.19. The summed E-state index contributed by atoms with van der Waals surface area (Å²) in [6.07, 6.45) is 0.350. The molecule has 0 aliphatic heterocycles. The molecule has 1 atom stereocenters. The zero-order chi connectivity index (χ0) is 14.1. The van der Waals surface area contributed by atoms with Crippen LogP contribution < -0.4 is 20.1 Å². The van der Waals surface area contributed by atoms with Crippen molar-refractivity contribution in [3.8, 4) is 11.5 Å². The Labute approximate surface area is 114 Å². The standard InChI is InChI=1S/C14H22N2O3/c1-11(15-2)10-16-14(17)8-9-19-13-6-4-12(18-3)5-7-13/h4-7,11,15H,8-10H2,1-3H3,(H,16,17). The van der Waals surface area contributed by atoms with Gasteiger partial charge in [-0.3, -0.25) is 4.79 Å². The van der Waals surface area contributed by atoms with Crippen LogP contribution in [0.5, 0.6) is 11.5 Å². The van der Waals surface area contributed by atoms with Gasteiger partial charge < -0.3 is 20.1 Å². The summed E-state index contributed by atoms with van der Waals surface area (Å²) in [4.78, 5) is 11.5. The minimum absolute atomic E-state index is 0.00406. The monoisotopic (exact) mass is 266 g/mol. The van der Waals surface area contributed by atoms with Crippen LogP contribution in [0.1, 0.15) is 13.3 Å². The topological polar surface area (TPSA) is 59.6 Å². The summed E-state index contributed by atoms with van der Waals surface area (Å²) >= 11 is 0. The number of benzene rings is 1. The van der Waals surface area contributed by atoms with Gasteiger partial charge in [0.05, 0.1) is 20.1 Å². The molecular formula is C14H22N2O3. The highest BCUT2D eigenvalue weighted by Gasteiger charge is 2.04. The first kappa shape index (κ1) is 15.3. The Kier molecular flexibility index (Phi) is 6.74. The first-order chi connectivity index (χ1) is 9.15. The summed E-state index contributed by atoms with van der Waals surface area (Å²) in [5, 5.41) is 5.89. The molecule has 5 heteroatoms. The van der Waals surface area contributed by atoms with Crippen molar-refractivity contribution in [2.24, 2.45) is 0 Å². The molecule has 0 saturated heterocycles. The number of methoxy groups -OCH3 is 1. The molecule has 19 heavy (non-hydrogen) atoms. The van der Waals surface area contributed by atoms with Gasteiger partial charge in [-0.1, -0.05) is 0 Å². The van der Waals surface area contributed by atoms with E-state index in [1.807, 2.05) is 38.2 Å². The van der Waals surface area contributed by atoms with Crippen molar-refractivity contribution < 1.29 is 14.3 Å². The number of nitrogens with one attached hydrogen (secondary N) is 2. The molecule has 1 rings (SSSR count). The van der Waals surface area contributed by atoms with Gasteiger partial charge in [-0.25, -0.2) is 0 Å². The maximum Gasteiger partial charge on any atom is 0.223 e. The van der Waals surface area contributed by atoms with E-state index in [2.05, 4.69) is 10.6 Å².